The maximum absolute atomic E-state index is 13.4. The molecule has 1 aromatic heterocycles. The van der Waals surface area contributed by atoms with Crippen molar-refractivity contribution < 1.29 is 19.1 Å². The van der Waals surface area contributed by atoms with Crippen LogP contribution in [0.25, 0.3) is 0 Å². The molecule has 3 aromatic rings. The van der Waals surface area contributed by atoms with E-state index >= 15 is 0 Å². The molecule has 0 N–H and O–H groups in total. The fourth-order valence-corrected chi connectivity index (χ4v) is 5.18. The standard InChI is InChI=1S/C29H32N2O4S/c1-3-35-29(34)24-10-6-16-30(19-24)27(32)18-22-12-14-25(15-13-22)31(28(33)26-11-7-17-36-26)20-23-9-5-4-8-21(23)2/h4-5,7-9,11-15,17,24H,3,6,10,16,18-20H2,1-2H3/t24-/m1/s1. The lowest BCUT2D eigenvalue weighted by molar-refractivity contribution is -0.151. The summed E-state index contributed by atoms with van der Waals surface area (Å²) >= 11 is 1.43. The number of aryl methyl sites for hydroxylation is 1. The van der Waals surface area contributed by atoms with Crippen molar-refractivity contribution in [1.82, 2.24) is 4.90 Å². The van der Waals surface area contributed by atoms with Crippen LogP contribution >= 0.6 is 11.3 Å². The van der Waals surface area contributed by atoms with E-state index in [-0.39, 0.29) is 30.1 Å². The van der Waals surface area contributed by atoms with Crippen molar-refractivity contribution in [2.24, 2.45) is 5.92 Å². The largest absolute Gasteiger partial charge is 0.466 e. The number of piperidine rings is 1. The van der Waals surface area contributed by atoms with Gasteiger partial charge in [-0.05, 0) is 67.0 Å². The van der Waals surface area contributed by atoms with Gasteiger partial charge in [0.1, 0.15) is 0 Å². The number of amides is 2. The molecular formula is C29H32N2O4S. The Morgan fingerprint density at radius 2 is 1.83 bits per heavy atom. The Balaban J connectivity index is 1.47. The van der Waals surface area contributed by atoms with Crippen LogP contribution in [0.4, 0.5) is 5.69 Å². The zero-order chi connectivity index (χ0) is 25.5. The number of hydrogen-bond acceptors (Lipinski definition) is 5. The molecule has 1 fully saturated rings. The molecule has 2 aromatic carbocycles. The van der Waals surface area contributed by atoms with Crippen LogP contribution in [0, 0.1) is 12.8 Å². The smallest absolute Gasteiger partial charge is 0.310 e. The monoisotopic (exact) mass is 504 g/mol. The van der Waals surface area contributed by atoms with Crippen molar-refractivity contribution in [3.63, 3.8) is 0 Å². The molecule has 4 rings (SSSR count). The normalized spacial score (nSPS) is 15.4. The summed E-state index contributed by atoms with van der Waals surface area (Å²) < 4.78 is 5.15. The van der Waals surface area contributed by atoms with Crippen molar-refractivity contribution in [3.05, 3.63) is 87.6 Å². The molecule has 0 spiro atoms. The van der Waals surface area contributed by atoms with Crippen LogP contribution in [0.3, 0.4) is 0 Å². The van der Waals surface area contributed by atoms with E-state index in [4.69, 9.17) is 4.74 Å². The molecule has 0 radical (unpaired) electrons. The summed E-state index contributed by atoms with van der Waals surface area (Å²) in [5, 5.41) is 1.90. The highest BCUT2D eigenvalue weighted by Crippen LogP contribution is 2.25. The third-order valence-corrected chi connectivity index (χ3v) is 7.42. The summed E-state index contributed by atoms with van der Waals surface area (Å²) in [5.41, 5.74) is 3.88. The maximum Gasteiger partial charge on any atom is 0.310 e. The molecule has 1 atom stereocenters. The number of anilines is 1. The van der Waals surface area contributed by atoms with Crippen molar-refractivity contribution in [1.29, 1.82) is 0 Å². The van der Waals surface area contributed by atoms with E-state index in [0.717, 1.165) is 35.2 Å². The molecule has 2 amide bonds. The Bertz CT molecular complexity index is 1190. The lowest BCUT2D eigenvalue weighted by Crippen LogP contribution is -2.43. The van der Waals surface area contributed by atoms with Crippen LogP contribution in [0.1, 0.15) is 46.1 Å². The zero-order valence-corrected chi connectivity index (χ0v) is 21.6. The predicted molar refractivity (Wildman–Crippen MR) is 142 cm³/mol. The fourth-order valence-electron chi connectivity index (χ4n) is 4.51. The van der Waals surface area contributed by atoms with Crippen LogP contribution < -0.4 is 4.90 Å². The Labute approximate surface area is 216 Å². The quantitative estimate of drug-likeness (QED) is 0.393. The molecule has 7 heteroatoms. The first kappa shape index (κ1) is 25.6. The maximum atomic E-state index is 13.4. The second-order valence-electron chi connectivity index (χ2n) is 9.07. The first-order valence-electron chi connectivity index (χ1n) is 12.4. The predicted octanol–water partition coefficient (Wildman–Crippen LogP) is 5.25. The van der Waals surface area contributed by atoms with Gasteiger partial charge in [0.2, 0.25) is 5.91 Å². The highest BCUT2D eigenvalue weighted by molar-refractivity contribution is 7.12. The van der Waals surface area contributed by atoms with Crippen molar-refractivity contribution in [2.45, 2.75) is 39.7 Å². The van der Waals surface area contributed by atoms with Gasteiger partial charge in [0.05, 0.1) is 30.4 Å². The van der Waals surface area contributed by atoms with E-state index in [9.17, 15) is 14.4 Å². The third kappa shape index (κ3) is 6.21. The van der Waals surface area contributed by atoms with Gasteiger partial charge in [0.15, 0.2) is 0 Å². The lowest BCUT2D eigenvalue weighted by atomic mass is 9.97. The number of likely N-dealkylation sites (tertiary alicyclic amines) is 1. The number of esters is 1. The molecule has 2 heterocycles. The van der Waals surface area contributed by atoms with E-state index in [1.807, 2.05) is 73.0 Å². The van der Waals surface area contributed by atoms with E-state index in [2.05, 4.69) is 0 Å². The minimum absolute atomic E-state index is 0.00294. The molecule has 0 aliphatic carbocycles. The SMILES string of the molecule is CCOC(=O)[C@@H]1CCCN(C(=O)Cc2ccc(N(Cc3ccccc3C)C(=O)c3cccs3)cc2)C1. The summed E-state index contributed by atoms with van der Waals surface area (Å²) in [7, 11) is 0. The number of rotatable bonds is 8. The van der Waals surface area contributed by atoms with Crippen LogP contribution in [-0.4, -0.2) is 42.4 Å². The third-order valence-electron chi connectivity index (χ3n) is 6.56. The second-order valence-corrected chi connectivity index (χ2v) is 10.0. The van der Waals surface area contributed by atoms with Gasteiger partial charge in [-0.3, -0.25) is 14.4 Å². The van der Waals surface area contributed by atoms with Gasteiger partial charge in [-0.2, -0.15) is 0 Å². The highest BCUT2D eigenvalue weighted by atomic mass is 32.1. The van der Waals surface area contributed by atoms with Gasteiger partial charge in [-0.25, -0.2) is 0 Å². The fraction of sp³-hybridized carbons (Fsp3) is 0.345. The van der Waals surface area contributed by atoms with E-state index in [0.29, 0.717) is 31.1 Å². The molecule has 0 unspecified atom stereocenters. The molecule has 36 heavy (non-hydrogen) atoms. The highest BCUT2D eigenvalue weighted by Gasteiger charge is 2.29. The van der Waals surface area contributed by atoms with Gasteiger partial charge in [-0.15, -0.1) is 11.3 Å². The van der Waals surface area contributed by atoms with Crippen LogP contribution in [0.5, 0.6) is 0 Å². The van der Waals surface area contributed by atoms with Gasteiger partial charge in [-0.1, -0.05) is 42.5 Å². The molecule has 1 saturated heterocycles. The molecule has 0 bridgehead atoms. The first-order valence-corrected chi connectivity index (χ1v) is 13.3. The summed E-state index contributed by atoms with van der Waals surface area (Å²) in [6.07, 6.45) is 1.81. The molecular weight excluding hydrogens is 472 g/mol. The zero-order valence-electron chi connectivity index (χ0n) is 20.8. The minimum Gasteiger partial charge on any atom is -0.466 e. The van der Waals surface area contributed by atoms with Crippen LogP contribution in [-0.2, 0) is 27.3 Å². The topological polar surface area (TPSA) is 66.9 Å². The first-order chi connectivity index (χ1) is 17.5. The van der Waals surface area contributed by atoms with Crippen molar-refractivity contribution in [3.8, 4) is 0 Å². The minimum atomic E-state index is -0.247. The summed E-state index contributed by atoms with van der Waals surface area (Å²) in [4.78, 5) is 42.7. The number of carbonyl (C=O) groups is 3. The van der Waals surface area contributed by atoms with Crippen molar-refractivity contribution >= 4 is 34.8 Å². The van der Waals surface area contributed by atoms with Crippen LogP contribution in [0.15, 0.2) is 66.0 Å². The number of hydrogen-bond donors (Lipinski definition) is 0. The number of ether oxygens (including phenoxy) is 1. The second kappa shape index (κ2) is 12.0. The number of thiophene rings is 1. The Hall–Kier alpha value is -3.45. The van der Waals surface area contributed by atoms with Gasteiger partial charge in [0, 0.05) is 18.8 Å². The number of benzene rings is 2. The van der Waals surface area contributed by atoms with E-state index in [1.54, 1.807) is 16.7 Å². The Morgan fingerprint density at radius 1 is 1.06 bits per heavy atom. The Morgan fingerprint density at radius 3 is 2.53 bits per heavy atom. The summed E-state index contributed by atoms with van der Waals surface area (Å²) in [6.45, 7) is 5.73. The van der Waals surface area contributed by atoms with Gasteiger partial charge >= 0.3 is 5.97 Å². The molecule has 6 nitrogen and oxygen atoms in total. The summed E-state index contributed by atoms with van der Waals surface area (Å²) in [6, 6.07) is 19.4. The molecule has 188 valence electrons. The Kier molecular flexibility index (Phi) is 8.54. The lowest BCUT2D eigenvalue weighted by Gasteiger charge is -2.31. The summed E-state index contributed by atoms with van der Waals surface area (Å²) in [5.74, 6) is -0.509. The van der Waals surface area contributed by atoms with Gasteiger partial charge in [0.25, 0.3) is 5.91 Å². The number of carbonyl (C=O) groups excluding carboxylic acids is 3. The molecule has 1 aliphatic rings. The van der Waals surface area contributed by atoms with E-state index < -0.39 is 0 Å². The van der Waals surface area contributed by atoms with Gasteiger partial charge < -0.3 is 14.5 Å². The van der Waals surface area contributed by atoms with E-state index in [1.165, 1.54) is 11.3 Å². The average Bonchev–Trinajstić information content (AvgIpc) is 3.44. The van der Waals surface area contributed by atoms with Crippen LogP contribution in [0.2, 0.25) is 0 Å². The molecule has 1 aliphatic heterocycles. The number of nitrogens with zero attached hydrogens (tertiary/aromatic N) is 2. The molecule has 0 saturated carbocycles. The average molecular weight is 505 g/mol. The van der Waals surface area contributed by atoms with Crippen molar-refractivity contribution in [2.75, 3.05) is 24.6 Å².